The Hall–Kier alpha value is -1.20. The Labute approximate surface area is 115 Å². The van der Waals surface area contributed by atoms with E-state index in [2.05, 4.69) is 4.98 Å². The zero-order valence-corrected chi connectivity index (χ0v) is 11.5. The predicted molar refractivity (Wildman–Crippen MR) is 74.9 cm³/mol. The minimum atomic E-state index is 0.125. The lowest BCUT2D eigenvalue weighted by Gasteiger charge is -2.11. The number of nitrogens with zero attached hydrogens (tertiary/aromatic N) is 2. The van der Waals surface area contributed by atoms with Gasteiger partial charge in [-0.3, -0.25) is 9.36 Å². The van der Waals surface area contributed by atoms with Crippen LogP contribution in [0.15, 0.2) is 11.1 Å². The molecule has 100 valence electrons. The van der Waals surface area contributed by atoms with Crippen LogP contribution in [0.1, 0.15) is 29.7 Å². The molecule has 0 amide bonds. The fraction of sp³-hybridized carbons (Fsp3) is 0.571. The molecule has 0 aromatic carbocycles. The van der Waals surface area contributed by atoms with Crippen LogP contribution in [0, 0.1) is 0 Å². The number of rotatable bonds is 2. The summed E-state index contributed by atoms with van der Waals surface area (Å²) in [6, 6.07) is 0. The maximum absolute atomic E-state index is 12.6. The van der Waals surface area contributed by atoms with Crippen molar-refractivity contribution in [2.75, 3.05) is 6.61 Å². The lowest BCUT2D eigenvalue weighted by Crippen LogP contribution is -2.26. The SMILES string of the molecule is O=c1c2c3c(sc2ncn1CC1CCCO1)CCC3. The molecule has 0 radical (unpaired) electrons. The Morgan fingerprint density at radius 2 is 2.37 bits per heavy atom. The van der Waals surface area contributed by atoms with Crippen LogP contribution in [0.5, 0.6) is 0 Å². The topological polar surface area (TPSA) is 44.1 Å². The highest BCUT2D eigenvalue weighted by molar-refractivity contribution is 7.18. The molecule has 2 aromatic rings. The molecule has 1 unspecified atom stereocenters. The molecule has 0 spiro atoms. The molecule has 1 atom stereocenters. The number of thiophene rings is 1. The van der Waals surface area contributed by atoms with Gasteiger partial charge in [-0.05, 0) is 37.7 Å². The minimum Gasteiger partial charge on any atom is -0.376 e. The Bertz CT molecular complexity index is 683. The summed E-state index contributed by atoms with van der Waals surface area (Å²) in [5.41, 5.74) is 1.39. The Morgan fingerprint density at radius 1 is 1.42 bits per heavy atom. The zero-order chi connectivity index (χ0) is 12.8. The van der Waals surface area contributed by atoms with E-state index in [1.165, 1.54) is 16.9 Å². The molecule has 0 N–H and O–H groups in total. The lowest BCUT2D eigenvalue weighted by atomic mass is 10.2. The van der Waals surface area contributed by atoms with Crippen LogP contribution >= 0.6 is 11.3 Å². The average molecular weight is 276 g/mol. The summed E-state index contributed by atoms with van der Waals surface area (Å²) in [6.45, 7) is 1.47. The van der Waals surface area contributed by atoms with Crippen molar-refractivity contribution >= 4 is 21.6 Å². The number of fused-ring (bicyclic) bond motifs is 3. The molecule has 1 aliphatic carbocycles. The molecule has 0 bridgehead atoms. The fourth-order valence-electron chi connectivity index (χ4n) is 3.16. The van der Waals surface area contributed by atoms with Gasteiger partial charge in [0.15, 0.2) is 0 Å². The number of ether oxygens (including phenoxy) is 1. The third-order valence-electron chi connectivity index (χ3n) is 4.12. The fourth-order valence-corrected chi connectivity index (χ4v) is 4.38. The molecular weight excluding hydrogens is 260 g/mol. The van der Waals surface area contributed by atoms with Crippen molar-refractivity contribution in [3.05, 3.63) is 27.1 Å². The molecule has 1 saturated heterocycles. The Kier molecular flexibility index (Phi) is 2.70. The molecule has 5 heteroatoms. The van der Waals surface area contributed by atoms with Gasteiger partial charge in [-0.1, -0.05) is 0 Å². The van der Waals surface area contributed by atoms with Crippen molar-refractivity contribution < 1.29 is 4.74 Å². The van der Waals surface area contributed by atoms with E-state index in [9.17, 15) is 4.79 Å². The highest BCUT2D eigenvalue weighted by atomic mass is 32.1. The van der Waals surface area contributed by atoms with Crippen LogP contribution in [0.4, 0.5) is 0 Å². The monoisotopic (exact) mass is 276 g/mol. The van der Waals surface area contributed by atoms with Crippen LogP contribution < -0.4 is 5.56 Å². The van der Waals surface area contributed by atoms with Crippen LogP contribution in [-0.2, 0) is 24.1 Å². The molecule has 4 nitrogen and oxygen atoms in total. The van der Waals surface area contributed by atoms with Crippen molar-refractivity contribution in [1.82, 2.24) is 9.55 Å². The largest absolute Gasteiger partial charge is 0.376 e. The highest BCUT2D eigenvalue weighted by Crippen LogP contribution is 2.34. The molecule has 3 heterocycles. The number of aromatic nitrogens is 2. The van der Waals surface area contributed by atoms with Gasteiger partial charge in [0.25, 0.3) is 5.56 Å². The van der Waals surface area contributed by atoms with E-state index in [0.29, 0.717) is 6.54 Å². The molecule has 0 saturated carbocycles. The van der Waals surface area contributed by atoms with Crippen molar-refractivity contribution in [2.45, 2.75) is 44.8 Å². The third-order valence-corrected chi connectivity index (χ3v) is 5.32. The first kappa shape index (κ1) is 11.6. The first-order chi connectivity index (χ1) is 9.33. The Balaban J connectivity index is 1.79. The minimum absolute atomic E-state index is 0.125. The number of aryl methyl sites for hydroxylation is 2. The lowest BCUT2D eigenvalue weighted by molar-refractivity contribution is 0.0960. The van der Waals surface area contributed by atoms with Crippen LogP contribution in [0.2, 0.25) is 0 Å². The van der Waals surface area contributed by atoms with E-state index in [4.69, 9.17) is 4.74 Å². The van der Waals surface area contributed by atoms with E-state index in [1.54, 1.807) is 22.2 Å². The van der Waals surface area contributed by atoms with Crippen LogP contribution in [-0.4, -0.2) is 22.3 Å². The van der Waals surface area contributed by atoms with Gasteiger partial charge in [-0.25, -0.2) is 4.98 Å². The first-order valence-corrected chi connectivity index (χ1v) is 7.76. The summed E-state index contributed by atoms with van der Waals surface area (Å²) >= 11 is 1.70. The second-order valence-electron chi connectivity index (χ2n) is 5.37. The van der Waals surface area contributed by atoms with Crippen LogP contribution in [0.3, 0.4) is 0 Å². The van der Waals surface area contributed by atoms with Gasteiger partial charge in [0.1, 0.15) is 4.83 Å². The summed E-state index contributed by atoms with van der Waals surface area (Å²) < 4.78 is 7.35. The quantitative estimate of drug-likeness (QED) is 0.844. The summed E-state index contributed by atoms with van der Waals surface area (Å²) in [7, 11) is 0. The summed E-state index contributed by atoms with van der Waals surface area (Å²) in [5, 5.41) is 0.873. The molecule has 2 aliphatic rings. The van der Waals surface area contributed by atoms with Gasteiger partial charge in [-0.15, -0.1) is 11.3 Å². The average Bonchev–Trinajstić information content (AvgIpc) is 3.08. The number of hydrogen-bond acceptors (Lipinski definition) is 4. The standard InChI is InChI=1S/C14H16N2O2S/c17-14-12-10-4-1-5-11(10)19-13(12)15-8-16(14)7-9-3-2-6-18-9/h8-9H,1-7H2. The van der Waals surface area contributed by atoms with Gasteiger partial charge >= 0.3 is 0 Å². The van der Waals surface area contributed by atoms with E-state index >= 15 is 0 Å². The smallest absolute Gasteiger partial charge is 0.262 e. The molecule has 19 heavy (non-hydrogen) atoms. The van der Waals surface area contributed by atoms with E-state index in [-0.39, 0.29) is 11.7 Å². The summed E-state index contributed by atoms with van der Waals surface area (Å²) in [5.74, 6) is 0. The van der Waals surface area contributed by atoms with Crippen LogP contribution in [0.25, 0.3) is 10.2 Å². The Morgan fingerprint density at radius 3 is 3.21 bits per heavy atom. The van der Waals surface area contributed by atoms with Gasteiger partial charge in [0.05, 0.1) is 24.4 Å². The molecule has 1 fully saturated rings. The predicted octanol–water partition coefficient (Wildman–Crippen LogP) is 2.13. The van der Waals surface area contributed by atoms with Gasteiger partial charge in [0, 0.05) is 11.5 Å². The normalized spacial score (nSPS) is 22.2. The number of hydrogen-bond donors (Lipinski definition) is 0. The first-order valence-electron chi connectivity index (χ1n) is 6.94. The van der Waals surface area contributed by atoms with Crippen molar-refractivity contribution in [3.63, 3.8) is 0 Å². The second kappa shape index (κ2) is 4.42. The molecule has 2 aromatic heterocycles. The highest BCUT2D eigenvalue weighted by Gasteiger charge is 2.22. The maximum Gasteiger partial charge on any atom is 0.262 e. The van der Waals surface area contributed by atoms with E-state index in [0.717, 1.165) is 42.5 Å². The zero-order valence-electron chi connectivity index (χ0n) is 10.7. The van der Waals surface area contributed by atoms with E-state index < -0.39 is 0 Å². The summed E-state index contributed by atoms with van der Waals surface area (Å²) in [4.78, 5) is 19.4. The summed E-state index contributed by atoms with van der Waals surface area (Å²) in [6.07, 6.45) is 7.35. The van der Waals surface area contributed by atoms with E-state index in [1.807, 2.05) is 0 Å². The molecule has 4 rings (SSSR count). The maximum atomic E-state index is 12.6. The van der Waals surface area contributed by atoms with Crippen molar-refractivity contribution in [2.24, 2.45) is 0 Å². The van der Waals surface area contributed by atoms with Gasteiger partial charge in [0.2, 0.25) is 0 Å². The van der Waals surface area contributed by atoms with Crippen molar-refractivity contribution in [1.29, 1.82) is 0 Å². The molecule has 1 aliphatic heterocycles. The molecular formula is C14H16N2O2S. The van der Waals surface area contributed by atoms with Gasteiger partial charge < -0.3 is 4.74 Å². The second-order valence-corrected chi connectivity index (χ2v) is 6.46. The van der Waals surface area contributed by atoms with Gasteiger partial charge in [-0.2, -0.15) is 0 Å². The van der Waals surface area contributed by atoms with Crippen molar-refractivity contribution in [3.8, 4) is 0 Å². The third kappa shape index (κ3) is 1.83.